The Kier molecular flexibility index (Phi) is 14.6. The Morgan fingerprint density at radius 2 is 1.22 bits per heavy atom. The number of rotatable bonds is 14. The largest absolute Gasteiger partial charge is 0.255 e. The number of unbranched alkanes of at least 4 members (excludes halogenated alkanes) is 5. The maximum absolute atomic E-state index is 5.12. The van der Waals surface area contributed by atoms with Gasteiger partial charge >= 0.3 is 0 Å². The average molecular weight is 580 g/mol. The molecule has 2 aromatic rings. The van der Waals surface area contributed by atoms with Gasteiger partial charge in [0.05, 0.1) is 33.2 Å². The fourth-order valence-electron chi connectivity index (χ4n) is 4.29. The molecule has 208 valence electrons. The number of nitrogens with zero attached hydrogens (tertiary/aromatic N) is 2. The molecule has 0 aliphatic carbocycles. The summed E-state index contributed by atoms with van der Waals surface area (Å²) >= 11 is 0. The zero-order valence-electron chi connectivity index (χ0n) is 25.0. The van der Waals surface area contributed by atoms with E-state index in [0.717, 1.165) is 23.5 Å². The van der Waals surface area contributed by atoms with Crippen LogP contribution in [-0.2, 0) is 16.5 Å². The number of hydrogen-bond acceptors (Lipinski definition) is 2. The molecule has 2 unspecified atom stereocenters. The van der Waals surface area contributed by atoms with Crippen molar-refractivity contribution in [1.29, 1.82) is 0 Å². The summed E-state index contributed by atoms with van der Waals surface area (Å²) in [4.78, 5) is 10.0. The number of benzene rings is 2. The summed E-state index contributed by atoms with van der Waals surface area (Å²) in [6, 6.07) is 17.7. The zero-order valence-corrected chi connectivity index (χ0v) is 28.0. The Balaban J connectivity index is 0.00000684. The van der Waals surface area contributed by atoms with Crippen LogP contribution in [0.1, 0.15) is 87.9 Å². The molecule has 5 heteroatoms. The molecule has 2 atom stereocenters. The van der Waals surface area contributed by atoms with Crippen molar-refractivity contribution in [2.45, 2.75) is 116 Å². The van der Waals surface area contributed by atoms with Crippen molar-refractivity contribution < 1.29 is 16.5 Å². The molecule has 2 aromatic carbocycles. The molecule has 0 spiro atoms. The first kappa shape index (κ1) is 33.7. The molecule has 0 N–H and O–H groups in total. The molecule has 0 heterocycles. The van der Waals surface area contributed by atoms with E-state index in [-0.39, 0.29) is 16.5 Å². The van der Waals surface area contributed by atoms with E-state index in [2.05, 4.69) is 109 Å². The Morgan fingerprint density at radius 1 is 0.730 bits per heavy atom. The standard InChI is InChI=1S/C32H52N2Si2.Ni/c1-10-11-12-13-14-15-20-32(34-31-22-17-19-29(24-31)27(3)36(7,8)9)25-33-30-21-16-18-28(23-30)26(2)35(4,5)6;/h16-19,21-27H,10-15,20H2,1-9H3;. The molecule has 0 bridgehead atoms. The van der Waals surface area contributed by atoms with E-state index < -0.39 is 16.1 Å². The molecule has 0 aliphatic heterocycles. The third kappa shape index (κ3) is 12.0. The first-order valence-electron chi connectivity index (χ1n) is 14.2. The van der Waals surface area contributed by atoms with Crippen molar-refractivity contribution in [1.82, 2.24) is 0 Å². The van der Waals surface area contributed by atoms with Gasteiger partial charge in [0, 0.05) is 22.7 Å². The van der Waals surface area contributed by atoms with Gasteiger partial charge in [0.15, 0.2) is 0 Å². The molecule has 0 aliphatic rings. The monoisotopic (exact) mass is 578 g/mol. The van der Waals surface area contributed by atoms with Gasteiger partial charge in [-0.3, -0.25) is 9.98 Å². The summed E-state index contributed by atoms with van der Waals surface area (Å²) in [6.07, 6.45) is 10.7. The van der Waals surface area contributed by atoms with Gasteiger partial charge in [-0.15, -0.1) is 0 Å². The smallest absolute Gasteiger partial charge is 0.0636 e. The van der Waals surface area contributed by atoms with E-state index in [4.69, 9.17) is 9.98 Å². The Bertz CT molecular complexity index is 1000. The van der Waals surface area contributed by atoms with Crippen molar-refractivity contribution in [2.24, 2.45) is 9.98 Å². The number of hydrogen-bond donors (Lipinski definition) is 0. The minimum Gasteiger partial charge on any atom is -0.255 e. The normalized spacial score (nSPS) is 14.5. The Hall–Kier alpha value is -1.29. The predicted octanol–water partition coefficient (Wildman–Crippen LogP) is 10.9. The Morgan fingerprint density at radius 3 is 1.76 bits per heavy atom. The van der Waals surface area contributed by atoms with Crippen LogP contribution < -0.4 is 0 Å². The quantitative estimate of drug-likeness (QED) is 0.121. The molecular weight excluding hydrogens is 527 g/mol. The van der Waals surface area contributed by atoms with E-state index in [1.807, 2.05) is 6.21 Å². The fourth-order valence-corrected chi connectivity index (χ4v) is 6.65. The SMILES string of the molecule is CCCCCCCCC(C=Nc1cccc(C(C)[Si](C)(C)C)c1)=Nc1cccc(C(C)[Si](C)(C)C)c1.[Ni]. The second-order valence-corrected chi connectivity index (χ2v) is 23.9. The van der Waals surface area contributed by atoms with Gasteiger partial charge in [-0.25, -0.2) is 0 Å². The van der Waals surface area contributed by atoms with Gasteiger partial charge in [0.25, 0.3) is 0 Å². The van der Waals surface area contributed by atoms with Crippen LogP contribution in [0.3, 0.4) is 0 Å². The summed E-state index contributed by atoms with van der Waals surface area (Å²) in [5.41, 5.74) is 7.23. The molecule has 0 fully saturated rings. The molecule has 0 saturated heterocycles. The van der Waals surface area contributed by atoms with E-state index in [1.165, 1.54) is 49.7 Å². The van der Waals surface area contributed by atoms with Crippen LogP contribution in [0.25, 0.3) is 0 Å². The molecule has 0 radical (unpaired) electrons. The topological polar surface area (TPSA) is 24.7 Å². The third-order valence-electron chi connectivity index (χ3n) is 7.76. The first-order valence-corrected chi connectivity index (χ1v) is 21.4. The molecular formula is C32H52N2NiSi2. The summed E-state index contributed by atoms with van der Waals surface area (Å²) in [6.45, 7) is 21.7. The first-order chi connectivity index (χ1) is 16.9. The van der Waals surface area contributed by atoms with E-state index in [1.54, 1.807) is 0 Å². The predicted molar refractivity (Wildman–Crippen MR) is 170 cm³/mol. The average Bonchev–Trinajstić information content (AvgIpc) is 2.82. The second kappa shape index (κ2) is 16.0. The molecule has 0 aromatic heterocycles. The summed E-state index contributed by atoms with van der Waals surface area (Å²) in [5.74, 6) is 0. The maximum Gasteiger partial charge on any atom is 0.0636 e. The van der Waals surface area contributed by atoms with Gasteiger partial charge in [0.1, 0.15) is 0 Å². The molecule has 0 amide bonds. The van der Waals surface area contributed by atoms with Crippen molar-refractivity contribution in [3.8, 4) is 0 Å². The van der Waals surface area contributed by atoms with Gasteiger partial charge < -0.3 is 0 Å². The minimum atomic E-state index is -1.26. The Labute approximate surface area is 240 Å². The van der Waals surface area contributed by atoms with Crippen molar-refractivity contribution in [3.63, 3.8) is 0 Å². The van der Waals surface area contributed by atoms with E-state index in [9.17, 15) is 0 Å². The number of aliphatic imine (C=N–C) groups is 2. The van der Waals surface area contributed by atoms with E-state index >= 15 is 0 Å². The van der Waals surface area contributed by atoms with Gasteiger partial charge in [-0.2, -0.15) is 0 Å². The van der Waals surface area contributed by atoms with Crippen LogP contribution in [0, 0.1) is 0 Å². The van der Waals surface area contributed by atoms with Crippen molar-refractivity contribution in [3.05, 3.63) is 59.7 Å². The summed E-state index contributed by atoms with van der Waals surface area (Å²) in [7, 11) is -2.51. The summed E-state index contributed by atoms with van der Waals surface area (Å²) < 4.78 is 0. The fraction of sp³-hybridized carbons (Fsp3) is 0.562. The van der Waals surface area contributed by atoms with E-state index in [0.29, 0.717) is 11.1 Å². The van der Waals surface area contributed by atoms with Crippen LogP contribution in [0.2, 0.25) is 39.3 Å². The van der Waals surface area contributed by atoms with Crippen molar-refractivity contribution in [2.75, 3.05) is 0 Å². The molecule has 2 rings (SSSR count). The van der Waals surface area contributed by atoms with Crippen molar-refractivity contribution >= 4 is 39.4 Å². The van der Waals surface area contributed by atoms with Crippen LogP contribution in [0.15, 0.2) is 58.5 Å². The van der Waals surface area contributed by atoms with Crippen LogP contribution in [0.5, 0.6) is 0 Å². The molecule has 37 heavy (non-hydrogen) atoms. The van der Waals surface area contributed by atoms with Crippen LogP contribution >= 0.6 is 0 Å². The van der Waals surface area contributed by atoms with Gasteiger partial charge in [-0.1, -0.05) is 116 Å². The van der Waals surface area contributed by atoms with Gasteiger partial charge in [-0.05, 0) is 59.3 Å². The summed E-state index contributed by atoms with van der Waals surface area (Å²) in [5, 5.41) is 0. The van der Waals surface area contributed by atoms with Crippen LogP contribution in [-0.4, -0.2) is 28.1 Å². The maximum atomic E-state index is 5.12. The molecule has 0 saturated carbocycles. The van der Waals surface area contributed by atoms with Crippen LogP contribution in [0.4, 0.5) is 11.4 Å². The second-order valence-electron chi connectivity index (χ2n) is 12.7. The zero-order chi connectivity index (χ0) is 26.8. The third-order valence-corrected chi connectivity index (χ3v) is 13.6. The van der Waals surface area contributed by atoms with Gasteiger partial charge in [0.2, 0.25) is 0 Å². The minimum absolute atomic E-state index is 0. The molecule has 2 nitrogen and oxygen atoms in total.